The molecule has 1 aromatic rings. The fourth-order valence-corrected chi connectivity index (χ4v) is 2.72. The van der Waals surface area contributed by atoms with Gasteiger partial charge in [-0.1, -0.05) is 13.8 Å². The number of hydrogen-bond acceptors (Lipinski definition) is 3. The molecule has 0 spiro atoms. The number of aliphatic hydroxyl groups excluding tert-OH is 1. The Morgan fingerprint density at radius 3 is 2.74 bits per heavy atom. The van der Waals surface area contributed by atoms with Crippen LogP contribution in [-0.2, 0) is 0 Å². The van der Waals surface area contributed by atoms with Crippen LogP contribution in [0.25, 0.3) is 0 Å². The van der Waals surface area contributed by atoms with Gasteiger partial charge in [-0.15, -0.1) is 0 Å². The molecule has 2 unspecified atom stereocenters. The van der Waals surface area contributed by atoms with Crippen molar-refractivity contribution < 1.29 is 9.90 Å². The molecule has 0 aliphatic heterocycles. The zero-order chi connectivity index (χ0) is 13.8. The fourth-order valence-electron chi connectivity index (χ4n) is 2.72. The molecule has 3 rings (SSSR count). The molecule has 0 aromatic carbocycles. The normalized spacial score (nSPS) is 28.8. The Hall–Kier alpha value is -1.49. The molecule has 104 valence electrons. The lowest BCUT2D eigenvalue weighted by atomic mass is 9.64. The van der Waals surface area contributed by atoms with Crippen molar-refractivity contribution in [2.24, 2.45) is 5.41 Å². The Labute approximate surface area is 112 Å². The van der Waals surface area contributed by atoms with E-state index in [-0.39, 0.29) is 23.5 Å². The van der Waals surface area contributed by atoms with Crippen molar-refractivity contribution in [2.45, 2.75) is 51.3 Å². The largest absolute Gasteiger partial charge is 0.397 e. The predicted molar refractivity (Wildman–Crippen MR) is 72.8 cm³/mol. The topological polar surface area (TPSA) is 80.3 Å². The van der Waals surface area contributed by atoms with Crippen LogP contribution in [0.5, 0.6) is 0 Å². The van der Waals surface area contributed by atoms with E-state index in [2.05, 4.69) is 5.32 Å². The first-order valence-electron chi connectivity index (χ1n) is 6.86. The van der Waals surface area contributed by atoms with Gasteiger partial charge in [0.25, 0.3) is 5.91 Å². The number of nitrogen functional groups attached to an aromatic ring is 1. The molecule has 1 amide bonds. The Morgan fingerprint density at radius 1 is 1.53 bits per heavy atom. The molecule has 2 fully saturated rings. The predicted octanol–water partition coefficient (Wildman–Crippen LogP) is 1.29. The maximum Gasteiger partial charge on any atom is 0.268 e. The second-order valence-electron chi connectivity index (χ2n) is 6.40. The summed E-state index contributed by atoms with van der Waals surface area (Å²) in [5, 5.41) is 12.7. The third-order valence-electron chi connectivity index (χ3n) is 4.56. The van der Waals surface area contributed by atoms with Crippen LogP contribution in [0.4, 0.5) is 5.69 Å². The van der Waals surface area contributed by atoms with E-state index in [0.717, 1.165) is 12.8 Å². The summed E-state index contributed by atoms with van der Waals surface area (Å²) < 4.78 is 1.98. The molecule has 1 heterocycles. The zero-order valence-corrected chi connectivity index (χ0v) is 11.4. The summed E-state index contributed by atoms with van der Waals surface area (Å²) in [4.78, 5) is 12.3. The Morgan fingerprint density at radius 2 is 2.21 bits per heavy atom. The number of aliphatic hydroxyl groups is 1. The Kier molecular flexibility index (Phi) is 2.64. The van der Waals surface area contributed by atoms with Gasteiger partial charge in [-0.25, -0.2) is 0 Å². The highest BCUT2D eigenvalue weighted by Crippen LogP contribution is 2.41. The van der Waals surface area contributed by atoms with Crippen LogP contribution in [0.1, 0.15) is 49.6 Å². The highest BCUT2D eigenvalue weighted by molar-refractivity contribution is 5.94. The monoisotopic (exact) mass is 263 g/mol. The summed E-state index contributed by atoms with van der Waals surface area (Å²) in [6, 6.07) is 2.19. The highest BCUT2D eigenvalue weighted by Gasteiger charge is 2.48. The SMILES string of the molecule is CC1(C)C(O)CC1NC(=O)c1cc(N)cn1C1CC1. The van der Waals surface area contributed by atoms with Gasteiger partial charge in [0.15, 0.2) is 0 Å². The van der Waals surface area contributed by atoms with Gasteiger partial charge >= 0.3 is 0 Å². The average Bonchev–Trinajstić information content (AvgIpc) is 3.12. The molecule has 2 saturated carbocycles. The van der Waals surface area contributed by atoms with Crippen molar-refractivity contribution in [1.29, 1.82) is 0 Å². The second-order valence-corrected chi connectivity index (χ2v) is 6.40. The number of nitrogens with zero attached hydrogens (tertiary/aromatic N) is 1. The Bertz CT molecular complexity index is 517. The lowest BCUT2D eigenvalue weighted by Crippen LogP contribution is -2.61. The van der Waals surface area contributed by atoms with E-state index in [9.17, 15) is 9.90 Å². The number of anilines is 1. The fraction of sp³-hybridized carbons (Fsp3) is 0.643. The lowest BCUT2D eigenvalue weighted by molar-refractivity contribution is -0.0690. The summed E-state index contributed by atoms with van der Waals surface area (Å²) in [6.45, 7) is 3.95. The van der Waals surface area contributed by atoms with Crippen molar-refractivity contribution in [3.05, 3.63) is 18.0 Å². The van der Waals surface area contributed by atoms with Crippen LogP contribution in [0.2, 0.25) is 0 Å². The van der Waals surface area contributed by atoms with Crippen molar-refractivity contribution in [3.63, 3.8) is 0 Å². The van der Waals surface area contributed by atoms with E-state index in [4.69, 9.17) is 5.73 Å². The molecule has 1 aromatic heterocycles. The summed E-state index contributed by atoms with van der Waals surface area (Å²) in [5.41, 5.74) is 6.81. The van der Waals surface area contributed by atoms with E-state index < -0.39 is 0 Å². The zero-order valence-electron chi connectivity index (χ0n) is 11.4. The van der Waals surface area contributed by atoms with Crippen molar-refractivity contribution in [2.75, 3.05) is 5.73 Å². The molecule has 0 bridgehead atoms. The molecule has 2 atom stereocenters. The van der Waals surface area contributed by atoms with Crippen LogP contribution in [0.3, 0.4) is 0 Å². The molecular weight excluding hydrogens is 242 g/mol. The van der Waals surface area contributed by atoms with Gasteiger partial charge in [0.05, 0.1) is 11.8 Å². The van der Waals surface area contributed by atoms with Crippen molar-refractivity contribution in [3.8, 4) is 0 Å². The van der Waals surface area contributed by atoms with Gasteiger partial charge in [0.2, 0.25) is 0 Å². The van der Waals surface area contributed by atoms with Crippen LogP contribution in [0.15, 0.2) is 12.3 Å². The minimum absolute atomic E-state index is 0.0266. The number of amides is 1. The summed E-state index contributed by atoms with van der Waals surface area (Å²) in [7, 11) is 0. The molecule has 2 aliphatic rings. The van der Waals surface area contributed by atoms with Gasteiger partial charge in [0.1, 0.15) is 5.69 Å². The quantitative estimate of drug-likeness (QED) is 0.769. The first-order valence-corrected chi connectivity index (χ1v) is 6.86. The lowest BCUT2D eigenvalue weighted by Gasteiger charge is -2.49. The third kappa shape index (κ3) is 2.02. The highest BCUT2D eigenvalue weighted by atomic mass is 16.3. The first-order chi connectivity index (χ1) is 8.89. The van der Waals surface area contributed by atoms with E-state index in [1.54, 1.807) is 6.07 Å². The van der Waals surface area contributed by atoms with Crippen molar-refractivity contribution in [1.82, 2.24) is 9.88 Å². The molecule has 2 aliphatic carbocycles. The van der Waals surface area contributed by atoms with Gasteiger partial charge < -0.3 is 20.7 Å². The van der Waals surface area contributed by atoms with Gasteiger partial charge in [-0.05, 0) is 25.3 Å². The second kappa shape index (κ2) is 4.00. The summed E-state index contributed by atoms with van der Waals surface area (Å²) >= 11 is 0. The molecule has 5 heteroatoms. The number of carbonyl (C=O) groups excluding carboxylic acids is 1. The van der Waals surface area contributed by atoms with Gasteiger partial charge in [0, 0.05) is 23.7 Å². The van der Waals surface area contributed by atoms with Crippen LogP contribution in [0, 0.1) is 5.41 Å². The van der Waals surface area contributed by atoms with Gasteiger partial charge in [-0.2, -0.15) is 0 Å². The third-order valence-corrected chi connectivity index (χ3v) is 4.56. The van der Waals surface area contributed by atoms with Crippen molar-refractivity contribution >= 4 is 11.6 Å². The molecule has 5 nitrogen and oxygen atoms in total. The minimum atomic E-state index is -0.335. The molecule has 4 N–H and O–H groups in total. The standard InChI is InChI=1S/C14H21N3O2/c1-14(2)11(6-12(14)18)16-13(19)10-5-8(15)7-17(10)9-3-4-9/h5,7,9,11-12,18H,3-4,6,15H2,1-2H3,(H,16,19). The maximum atomic E-state index is 12.3. The van der Waals surface area contributed by atoms with E-state index in [1.165, 1.54) is 0 Å². The molecule has 19 heavy (non-hydrogen) atoms. The van der Waals surface area contributed by atoms with Gasteiger partial charge in [-0.3, -0.25) is 4.79 Å². The molecule has 0 radical (unpaired) electrons. The maximum absolute atomic E-state index is 12.3. The minimum Gasteiger partial charge on any atom is -0.397 e. The van der Waals surface area contributed by atoms with E-state index >= 15 is 0 Å². The summed E-state index contributed by atoms with van der Waals surface area (Å²) in [6.07, 6.45) is 4.36. The first kappa shape index (κ1) is 12.5. The Balaban J connectivity index is 1.74. The average molecular weight is 263 g/mol. The number of hydrogen-bond donors (Lipinski definition) is 3. The van der Waals surface area contributed by atoms with E-state index in [1.807, 2.05) is 24.6 Å². The number of rotatable bonds is 3. The van der Waals surface area contributed by atoms with Crippen LogP contribution >= 0.6 is 0 Å². The number of nitrogens with two attached hydrogens (primary N) is 1. The summed E-state index contributed by atoms with van der Waals surface area (Å²) in [5.74, 6) is -0.0893. The smallest absolute Gasteiger partial charge is 0.268 e. The van der Waals surface area contributed by atoms with Crippen LogP contribution in [-0.4, -0.2) is 27.7 Å². The number of carbonyl (C=O) groups is 1. The molecule has 0 saturated heterocycles. The van der Waals surface area contributed by atoms with Crippen LogP contribution < -0.4 is 11.1 Å². The number of nitrogens with one attached hydrogen (secondary N) is 1. The number of aromatic nitrogens is 1. The van der Waals surface area contributed by atoms with E-state index in [0.29, 0.717) is 23.8 Å². The molecular formula is C14H21N3O2.